The van der Waals surface area contributed by atoms with E-state index >= 15 is 0 Å². The van der Waals surface area contributed by atoms with Crippen LogP contribution in [0, 0.1) is 0 Å². The highest BCUT2D eigenvalue weighted by Gasteiger charge is 2.27. The number of para-hydroxylation sites is 2. The molecule has 0 spiro atoms. The predicted molar refractivity (Wildman–Crippen MR) is 73.6 cm³/mol. The molecule has 0 bridgehead atoms. The summed E-state index contributed by atoms with van der Waals surface area (Å²) in [7, 11) is 0.518. The summed E-state index contributed by atoms with van der Waals surface area (Å²) in [5.41, 5.74) is 0. The van der Waals surface area contributed by atoms with Gasteiger partial charge in [-0.2, -0.15) is 0 Å². The maximum atomic E-state index is 5.75. The summed E-state index contributed by atoms with van der Waals surface area (Å²) in [5, 5.41) is 0. The first-order valence-corrected chi connectivity index (χ1v) is 6.57. The van der Waals surface area contributed by atoms with E-state index < -0.39 is 5.97 Å². The summed E-state index contributed by atoms with van der Waals surface area (Å²) in [5.74, 6) is 0.341. The molecule has 2 rings (SSSR count). The Kier molecular flexibility index (Phi) is 4.02. The molecule has 4 heteroatoms. The molecule has 2 aromatic carbocycles. The normalized spacial score (nSPS) is 11.2. The van der Waals surface area contributed by atoms with Gasteiger partial charge in [0.2, 0.25) is 0 Å². The molecule has 18 heavy (non-hydrogen) atoms. The zero-order valence-electron chi connectivity index (χ0n) is 10.5. The minimum Gasteiger partial charge on any atom is -0.431 e. The van der Waals surface area contributed by atoms with Crippen molar-refractivity contribution in [2.45, 2.75) is 12.9 Å². The van der Waals surface area contributed by atoms with Crippen molar-refractivity contribution in [3.63, 3.8) is 0 Å². The van der Waals surface area contributed by atoms with Crippen LogP contribution in [0.3, 0.4) is 0 Å². The van der Waals surface area contributed by atoms with Crippen molar-refractivity contribution in [1.29, 1.82) is 0 Å². The average molecular weight is 260 g/mol. The number of rotatable bonds is 5. The van der Waals surface area contributed by atoms with Gasteiger partial charge < -0.3 is 13.9 Å². The van der Waals surface area contributed by atoms with E-state index in [0.29, 0.717) is 22.0 Å². The molecule has 0 unspecified atom stereocenters. The summed E-state index contributed by atoms with van der Waals surface area (Å²) in [6.07, 6.45) is 0. The quantitative estimate of drug-likeness (QED) is 0.609. The highest BCUT2D eigenvalue weighted by atomic mass is 28.2. The van der Waals surface area contributed by atoms with Gasteiger partial charge >= 0.3 is 5.97 Å². The van der Waals surface area contributed by atoms with E-state index in [2.05, 4.69) is 0 Å². The van der Waals surface area contributed by atoms with E-state index in [1.54, 1.807) is 6.92 Å². The van der Waals surface area contributed by atoms with Gasteiger partial charge in [-0.15, -0.1) is 0 Å². The van der Waals surface area contributed by atoms with E-state index in [9.17, 15) is 0 Å². The number of hydrogen-bond acceptors (Lipinski definition) is 3. The van der Waals surface area contributed by atoms with Crippen LogP contribution in [0.4, 0.5) is 0 Å². The highest BCUT2D eigenvalue weighted by Crippen LogP contribution is 2.22. The second kappa shape index (κ2) is 5.71. The Labute approximate surface area is 110 Å². The third kappa shape index (κ3) is 3.35. The third-order valence-electron chi connectivity index (χ3n) is 2.46. The average Bonchev–Trinajstić information content (AvgIpc) is 2.41. The second-order valence-corrected chi connectivity index (χ2v) is 4.30. The first-order chi connectivity index (χ1) is 8.72. The molecule has 0 aliphatic heterocycles. The van der Waals surface area contributed by atoms with Gasteiger partial charge in [0.25, 0.3) is 0 Å². The Hall–Kier alpha value is -1.78. The van der Waals surface area contributed by atoms with E-state index in [-0.39, 0.29) is 0 Å². The minimum atomic E-state index is -1.09. The number of ether oxygens (including phenoxy) is 2. The molecule has 0 heterocycles. The van der Waals surface area contributed by atoms with Crippen LogP contribution < -0.4 is 9.47 Å². The van der Waals surface area contributed by atoms with Gasteiger partial charge in [0, 0.05) is 6.92 Å². The molecule has 0 saturated heterocycles. The standard InChI is InChI=1S/C14H16O3Si/c1-14(17-18,15-12-8-4-2-5-9-12)16-13-10-6-3-7-11-13/h2-11H,1,18H3. The van der Waals surface area contributed by atoms with Gasteiger partial charge in [-0.25, -0.2) is 0 Å². The Morgan fingerprint density at radius 1 is 0.778 bits per heavy atom. The fraction of sp³-hybridized carbons (Fsp3) is 0.143. The SMILES string of the molecule is CC(O[SiH3])(Oc1ccccc1)Oc1ccccc1. The van der Waals surface area contributed by atoms with Gasteiger partial charge in [-0.3, -0.25) is 0 Å². The summed E-state index contributed by atoms with van der Waals surface area (Å²) >= 11 is 0. The predicted octanol–water partition coefficient (Wildman–Crippen LogP) is 2.12. The van der Waals surface area contributed by atoms with Crippen molar-refractivity contribution in [2.24, 2.45) is 0 Å². The van der Waals surface area contributed by atoms with Crippen molar-refractivity contribution in [3.8, 4) is 11.5 Å². The lowest BCUT2D eigenvalue weighted by Gasteiger charge is -2.29. The molecular formula is C14H16O3Si. The van der Waals surface area contributed by atoms with Crippen molar-refractivity contribution in [2.75, 3.05) is 0 Å². The topological polar surface area (TPSA) is 27.7 Å². The van der Waals surface area contributed by atoms with Crippen LogP contribution in [0.15, 0.2) is 60.7 Å². The van der Waals surface area contributed by atoms with Gasteiger partial charge in [-0.1, -0.05) is 36.4 Å². The largest absolute Gasteiger partial charge is 0.431 e. The van der Waals surface area contributed by atoms with Crippen molar-refractivity contribution in [3.05, 3.63) is 60.7 Å². The maximum absolute atomic E-state index is 5.75. The molecule has 2 aromatic rings. The molecule has 0 aliphatic carbocycles. The highest BCUT2D eigenvalue weighted by molar-refractivity contribution is 5.98. The molecule has 0 aliphatic rings. The van der Waals surface area contributed by atoms with E-state index in [0.717, 1.165) is 0 Å². The Balaban J connectivity index is 2.11. The van der Waals surface area contributed by atoms with Crippen LogP contribution in [0.2, 0.25) is 0 Å². The number of benzene rings is 2. The lowest BCUT2D eigenvalue weighted by Crippen LogP contribution is -2.41. The molecular weight excluding hydrogens is 244 g/mol. The molecule has 0 fully saturated rings. The summed E-state index contributed by atoms with van der Waals surface area (Å²) in [6.45, 7) is 1.76. The Morgan fingerprint density at radius 3 is 1.50 bits per heavy atom. The van der Waals surface area contributed by atoms with E-state index in [1.807, 2.05) is 60.7 Å². The smallest absolute Gasteiger partial charge is 0.358 e. The van der Waals surface area contributed by atoms with Crippen LogP contribution in [0.5, 0.6) is 11.5 Å². The lowest BCUT2D eigenvalue weighted by molar-refractivity contribution is -0.237. The van der Waals surface area contributed by atoms with Crippen LogP contribution in [0.25, 0.3) is 0 Å². The molecule has 0 radical (unpaired) electrons. The van der Waals surface area contributed by atoms with Gasteiger partial charge in [0.15, 0.2) is 10.5 Å². The van der Waals surface area contributed by atoms with Crippen LogP contribution in [-0.2, 0) is 4.43 Å². The first-order valence-electron chi connectivity index (χ1n) is 5.75. The molecule has 0 amide bonds. The summed E-state index contributed by atoms with van der Waals surface area (Å²) in [4.78, 5) is 0. The molecule has 0 N–H and O–H groups in total. The Bertz CT molecular complexity index is 431. The summed E-state index contributed by atoms with van der Waals surface area (Å²) in [6, 6.07) is 19.0. The molecule has 0 saturated carbocycles. The van der Waals surface area contributed by atoms with Crippen molar-refractivity contribution in [1.82, 2.24) is 0 Å². The van der Waals surface area contributed by atoms with Gasteiger partial charge in [0.1, 0.15) is 11.5 Å². The van der Waals surface area contributed by atoms with E-state index in [1.165, 1.54) is 0 Å². The van der Waals surface area contributed by atoms with Crippen molar-refractivity contribution < 1.29 is 13.9 Å². The third-order valence-corrected chi connectivity index (χ3v) is 3.21. The van der Waals surface area contributed by atoms with Gasteiger partial charge in [-0.05, 0) is 24.3 Å². The first kappa shape index (κ1) is 12.7. The zero-order chi connectivity index (χ0) is 12.8. The second-order valence-electron chi connectivity index (χ2n) is 3.90. The fourth-order valence-corrected chi connectivity index (χ4v) is 1.68. The van der Waals surface area contributed by atoms with Crippen LogP contribution in [-0.4, -0.2) is 16.5 Å². The maximum Gasteiger partial charge on any atom is 0.358 e. The zero-order valence-corrected chi connectivity index (χ0v) is 12.5. The fourth-order valence-electron chi connectivity index (χ4n) is 1.51. The van der Waals surface area contributed by atoms with Gasteiger partial charge in [0.05, 0.1) is 0 Å². The molecule has 3 nitrogen and oxygen atoms in total. The van der Waals surface area contributed by atoms with Crippen molar-refractivity contribution >= 4 is 10.5 Å². The van der Waals surface area contributed by atoms with Crippen LogP contribution >= 0.6 is 0 Å². The molecule has 0 aromatic heterocycles. The monoisotopic (exact) mass is 260 g/mol. The van der Waals surface area contributed by atoms with E-state index in [4.69, 9.17) is 13.9 Å². The molecule has 0 atom stereocenters. The number of hydrogen-bond donors (Lipinski definition) is 0. The Morgan fingerprint density at radius 2 is 1.17 bits per heavy atom. The van der Waals surface area contributed by atoms with Crippen LogP contribution in [0.1, 0.15) is 6.92 Å². The minimum absolute atomic E-state index is 0.518. The lowest BCUT2D eigenvalue weighted by atomic mass is 10.3. The molecule has 94 valence electrons. The summed E-state index contributed by atoms with van der Waals surface area (Å²) < 4.78 is 16.9.